The zero-order valence-electron chi connectivity index (χ0n) is 12.9. The number of hydrogen-bond acceptors (Lipinski definition) is 3. The number of aliphatic carboxylic acids is 1. The topological polar surface area (TPSA) is 66.8 Å². The Bertz CT molecular complexity index is 425. The maximum Gasteiger partial charge on any atom is 0.406 e. The second-order valence-corrected chi connectivity index (χ2v) is 6.09. The van der Waals surface area contributed by atoms with Gasteiger partial charge in [0.2, 0.25) is 0 Å². The van der Waals surface area contributed by atoms with Crippen molar-refractivity contribution in [1.29, 1.82) is 0 Å². The molecule has 0 aromatic rings. The Morgan fingerprint density at radius 3 is 2.32 bits per heavy atom. The summed E-state index contributed by atoms with van der Waals surface area (Å²) in [5.74, 6) is -2.15. The lowest BCUT2D eigenvalue weighted by atomic mass is 9.86. The standard InChI is InChI=1S/C14H22F3NO4/c1-9(2)4-7-22-10(3)11(19)18-6-5-13(8-18,12(20)21)14(15,16)17/h9-10H,4-8H2,1-3H3,(H,20,21). The van der Waals surface area contributed by atoms with Crippen LogP contribution >= 0.6 is 0 Å². The number of likely N-dealkylation sites (tertiary alicyclic amines) is 1. The zero-order valence-corrected chi connectivity index (χ0v) is 12.9. The molecule has 8 heteroatoms. The van der Waals surface area contributed by atoms with Crippen LogP contribution in [0.15, 0.2) is 0 Å². The lowest BCUT2D eigenvalue weighted by Gasteiger charge is -2.28. The highest BCUT2D eigenvalue weighted by molar-refractivity contribution is 5.83. The third kappa shape index (κ3) is 3.91. The van der Waals surface area contributed by atoms with Crippen molar-refractivity contribution in [2.24, 2.45) is 11.3 Å². The van der Waals surface area contributed by atoms with Crippen LogP contribution in [-0.4, -0.2) is 53.9 Å². The van der Waals surface area contributed by atoms with E-state index in [-0.39, 0.29) is 6.54 Å². The minimum atomic E-state index is -4.89. The summed E-state index contributed by atoms with van der Waals surface area (Å²) in [6, 6.07) is 0. The fourth-order valence-electron chi connectivity index (χ4n) is 2.33. The van der Waals surface area contributed by atoms with Crippen LogP contribution in [0.2, 0.25) is 0 Å². The van der Waals surface area contributed by atoms with Crippen molar-refractivity contribution in [3.8, 4) is 0 Å². The Hall–Kier alpha value is -1.31. The van der Waals surface area contributed by atoms with E-state index in [1.165, 1.54) is 6.92 Å². The summed E-state index contributed by atoms with van der Waals surface area (Å²) >= 11 is 0. The Morgan fingerprint density at radius 2 is 1.91 bits per heavy atom. The molecule has 0 radical (unpaired) electrons. The van der Waals surface area contributed by atoms with Crippen LogP contribution < -0.4 is 0 Å². The molecule has 1 saturated heterocycles. The normalized spacial score (nSPS) is 23.9. The number of alkyl halides is 3. The van der Waals surface area contributed by atoms with E-state index in [2.05, 4.69) is 0 Å². The minimum absolute atomic E-state index is 0.234. The van der Waals surface area contributed by atoms with Crippen molar-refractivity contribution in [3.05, 3.63) is 0 Å². The van der Waals surface area contributed by atoms with E-state index >= 15 is 0 Å². The summed E-state index contributed by atoms with van der Waals surface area (Å²) in [6.07, 6.45) is -5.66. The second kappa shape index (κ2) is 6.85. The number of ether oxygens (including phenoxy) is 1. The van der Waals surface area contributed by atoms with Crippen LogP contribution in [0.4, 0.5) is 13.2 Å². The summed E-state index contributed by atoms with van der Waals surface area (Å²) < 4.78 is 44.5. The molecule has 1 rings (SSSR count). The molecule has 5 nitrogen and oxygen atoms in total. The van der Waals surface area contributed by atoms with E-state index in [0.717, 1.165) is 11.3 Å². The maximum absolute atomic E-state index is 13.0. The summed E-state index contributed by atoms with van der Waals surface area (Å²) in [6.45, 7) is 4.69. The maximum atomic E-state index is 13.0. The first-order valence-corrected chi connectivity index (χ1v) is 7.22. The van der Waals surface area contributed by atoms with E-state index in [9.17, 15) is 22.8 Å². The van der Waals surface area contributed by atoms with Crippen molar-refractivity contribution in [3.63, 3.8) is 0 Å². The van der Waals surface area contributed by atoms with Gasteiger partial charge in [0.05, 0.1) is 0 Å². The summed E-state index contributed by atoms with van der Waals surface area (Å²) in [5, 5.41) is 8.95. The third-order valence-corrected chi connectivity index (χ3v) is 3.94. The average molecular weight is 325 g/mol. The molecular weight excluding hydrogens is 303 g/mol. The molecule has 2 unspecified atom stereocenters. The molecule has 22 heavy (non-hydrogen) atoms. The molecule has 0 aliphatic carbocycles. The highest BCUT2D eigenvalue weighted by Gasteiger charge is 2.64. The van der Waals surface area contributed by atoms with Crippen molar-refractivity contribution < 1.29 is 32.6 Å². The average Bonchev–Trinajstić information content (AvgIpc) is 2.83. The van der Waals surface area contributed by atoms with Gasteiger partial charge in [-0.25, -0.2) is 0 Å². The Labute approximate surface area is 127 Å². The number of hydrogen-bond donors (Lipinski definition) is 1. The molecule has 1 aliphatic heterocycles. The molecule has 1 heterocycles. The number of amides is 1. The molecule has 1 N–H and O–H groups in total. The van der Waals surface area contributed by atoms with E-state index < -0.39 is 42.5 Å². The number of rotatable bonds is 6. The van der Waals surface area contributed by atoms with Gasteiger partial charge in [-0.2, -0.15) is 13.2 Å². The van der Waals surface area contributed by atoms with Gasteiger partial charge in [-0.05, 0) is 25.7 Å². The Balaban J connectivity index is 2.68. The fraction of sp³-hybridized carbons (Fsp3) is 0.857. The van der Waals surface area contributed by atoms with Gasteiger partial charge in [-0.3, -0.25) is 9.59 Å². The summed E-state index contributed by atoms with van der Waals surface area (Å²) in [4.78, 5) is 24.1. The molecule has 1 fully saturated rings. The molecule has 0 saturated carbocycles. The van der Waals surface area contributed by atoms with Gasteiger partial charge >= 0.3 is 12.1 Å². The first-order valence-electron chi connectivity index (χ1n) is 7.22. The van der Waals surface area contributed by atoms with Crippen LogP contribution in [0.3, 0.4) is 0 Å². The molecule has 1 aliphatic rings. The molecule has 0 bridgehead atoms. The number of nitrogens with zero attached hydrogens (tertiary/aromatic N) is 1. The SMILES string of the molecule is CC(C)CCOC(C)C(=O)N1CCC(C(=O)O)(C(F)(F)F)C1. The van der Waals surface area contributed by atoms with Crippen molar-refractivity contribution >= 4 is 11.9 Å². The van der Waals surface area contributed by atoms with E-state index in [1.54, 1.807) is 0 Å². The van der Waals surface area contributed by atoms with Crippen LogP contribution in [0.1, 0.15) is 33.6 Å². The quantitative estimate of drug-likeness (QED) is 0.814. The monoisotopic (exact) mass is 325 g/mol. The van der Waals surface area contributed by atoms with E-state index in [1.807, 2.05) is 13.8 Å². The van der Waals surface area contributed by atoms with Crippen molar-refractivity contribution in [1.82, 2.24) is 4.90 Å². The van der Waals surface area contributed by atoms with Gasteiger partial charge in [-0.1, -0.05) is 13.8 Å². The lowest BCUT2D eigenvalue weighted by Crippen LogP contribution is -2.48. The first-order chi connectivity index (χ1) is 10.0. The smallest absolute Gasteiger partial charge is 0.406 e. The molecule has 2 atom stereocenters. The van der Waals surface area contributed by atoms with Gasteiger partial charge in [0, 0.05) is 19.7 Å². The molecule has 1 amide bonds. The molecule has 0 aromatic carbocycles. The number of carboxylic acid groups (broad SMARTS) is 1. The minimum Gasteiger partial charge on any atom is -0.481 e. The first kappa shape index (κ1) is 18.7. The van der Waals surface area contributed by atoms with Gasteiger partial charge in [-0.15, -0.1) is 0 Å². The summed E-state index contributed by atoms with van der Waals surface area (Å²) in [5.41, 5.74) is -2.87. The molecule has 0 aromatic heterocycles. The fourth-order valence-corrected chi connectivity index (χ4v) is 2.33. The van der Waals surface area contributed by atoms with Crippen LogP contribution in [0, 0.1) is 11.3 Å². The largest absolute Gasteiger partial charge is 0.481 e. The van der Waals surface area contributed by atoms with Gasteiger partial charge in [0.15, 0.2) is 5.41 Å². The van der Waals surface area contributed by atoms with Crippen LogP contribution in [0.5, 0.6) is 0 Å². The summed E-state index contributed by atoms with van der Waals surface area (Å²) in [7, 11) is 0. The molecule has 0 spiro atoms. The number of halogens is 3. The van der Waals surface area contributed by atoms with E-state index in [4.69, 9.17) is 9.84 Å². The predicted octanol–water partition coefficient (Wildman–Crippen LogP) is 2.30. The number of carbonyl (C=O) groups is 2. The van der Waals surface area contributed by atoms with Crippen molar-refractivity contribution in [2.75, 3.05) is 19.7 Å². The number of carbonyl (C=O) groups excluding carboxylic acids is 1. The van der Waals surface area contributed by atoms with Crippen molar-refractivity contribution in [2.45, 2.75) is 45.9 Å². The van der Waals surface area contributed by atoms with Crippen LogP contribution in [-0.2, 0) is 14.3 Å². The van der Waals surface area contributed by atoms with Gasteiger partial charge in [0.1, 0.15) is 6.10 Å². The highest BCUT2D eigenvalue weighted by Crippen LogP contribution is 2.45. The predicted molar refractivity (Wildman–Crippen MR) is 72.2 cm³/mol. The Kier molecular flexibility index (Phi) is 5.83. The zero-order chi connectivity index (χ0) is 17.1. The Morgan fingerprint density at radius 1 is 1.32 bits per heavy atom. The number of carboxylic acids is 1. The molecule has 128 valence electrons. The second-order valence-electron chi connectivity index (χ2n) is 6.09. The van der Waals surface area contributed by atoms with E-state index in [0.29, 0.717) is 12.5 Å². The highest BCUT2D eigenvalue weighted by atomic mass is 19.4. The van der Waals surface area contributed by atoms with Gasteiger partial charge in [0.25, 0.3) is 5.91 Å². The lowest BCUT2D eigenvalue weighted by molar-refractivity contribution is -0.227. The third-order valence-electron chi connectivity index (χ3n) is 3.94. The van der Waals surface area contributed by atoms with Gasteiger partial charge < -0.3 is 14.7 Å². The van der Waals surface area contributed by atoms with Crippen LogP contribution in [0.25, 0.3) is 0 Å². The molecular formula is C14H22F3NO4.